The van der Waals surface area contributed by atoms with Crippen LogP contribution in [0.1, 0.15) is 32.8 Å². The van der Waals surface area contributed by atoms with Crippen LogP contribution in [0.25, 0.3) is 0 Å². The maximum Gasteiger partial charge on any atom is 0.410 e. The maximum atomic E-state index is 12.7. The molecule has 3 aromatic rings. The summed E-state index contributed by atoms with van der Waals surface area (Å²) >= 11 is 0. The Morgan fingerprint density at radius 3 is 1.91 bits per heavy atom. The number of ether oxygens (including phenoxy) is 1. The van der Waals surface area contributed by atoms with Crippen LogP contribution in [0, 0.1) is 0 Å². The molecular formula is C28H33NO3Si. The number of hydrogen-bond donors (Lipinski definition) is 0. The lowest BCUT2D eigenvalue weighted by atomic mass is 10.2. The van der Waals surface area contributed by atoms with E-state index in [-0.39, 0.29) is 23.8 Å². The highest BCUT2D eigenvalue weighted by Gasteiger charge is 2.52. The van der Waals surface area contributed by atoms with Crippen LogP contribution in [0.15, 0.2) is 91.0 Å². The van der Waals surface area contributed by atoms with Crippen LogP contribution in [0.4, 0.5) is 4.79 Å². The molecule has 0 aliphatic carbocycles. The highest BCUT2D eigenvalue weighted by atomic mass is 28.4. The van der Waals surface area contributed by atoms with Crippen molar-refractivity contribution in [3.63, 3.8) is 0 Å². The van der Waals surface area contributed by atoms with Gasteiger partial charge in [-0.05, 0) is 27.4 Å². The second kappa shape index (κ2) is 9.94. The van der Waals surface area contributed by atoms with Gasteiger partial charge in [0, 0.05) is 13.1 Å². The minimum Gasteiger partial charge on any atom is -0.445 e. The predicted octanol–water partition coefficient (Wildman–Crippen LogP) is 4.97. The van der Waals surface area contributed by atoms with Crippen molar-refractivity contribution in [1.29, 1.82) is 0 Å². The van der Waals surface area contributed by atoms with Gasteiger partial charge in [-0.2, -0.15) is 0 Å². The molecule has 3 aromatic carbocycles. The summed E-state index contributed by atoms with van der Waals surface area (Å²) in [4.78, 5) is 14.5. The Labute approximate surface area is 198 Å². The summed E-state index contributed by atoms with van der Waals surface area (Å²) in [5.41, 5.74) is 0.991. The lowest BCUT2D eigenvalue weighted by Gasteiger charge is -2.44. The second-order valence-corrected chi connectivity index (χ2v) is 13.9. The minimum absolute atomic E-state index is 0.0272. The average molecular weight is 460 g/mol. The van der Waals surface area contributed by atoms with Crippen molar-refractivity contribution < 1.29 is 14.0 Å². The number of amides is 1. The van der Waals surface area contributed by atoms with Crippen molar-refractivity contribution in [3.8, 4) is 0 Å². The van der Waals surface area contributed by atoms with E-state index in [9.17, 15) is 4.79 Å². The quantitative estimate of drug-likeness (QED) is 0.488. The summed E-state index contributed by atoms with van der Waals surface area (Å²) in [6.45, 7) is 8.32. The molecule has 1 amide bonds. The van der Waals surface area contributed by atoms with Gasteiger partial charge in [0.2, 0.25) is 0 Å². The number of likely N-dealkylation sites (tertiary alicyclic amines) is 1. The Morgan fingerprint density at radius 1 is 0.879 bits per heavy atom. The fourth-order valence-corrected chi connectivity index (χ4v) is 9.45. The van der Waals surface area contributed by atoms with Crippen LogP contribution in [0.5, 0.6) is 0 Å². The molecule has 1 atom stereocenters. The van der Waals surface area contributed by atoms with Gasteiger partial charge in [0.15, 0.2) is 0 Å². The van der Waals surface area contributed by atoms with Crippen molar-refractivity contribution >= 4 is 24.8 Å². The minimum atomic E-state index is -2.63. The number of carbonyl (C=O) groups excluding carboxylic acids is 1. The van der Waals surface area contributed by atoms with Crippen molar-refractivity contribution in [2.24, 2.45) is 0 Å². The summed E-state index contributed by atoms with van der Waals surface area (Å²) in [7, 11) is -2.63. The van der Waals surface area contributed by atoms with E-state index in [4.69, 9.17) is 9.16 Å². The smallest absolute Gasteiger partial charge is 0.410 e. The Hall–Kier alpha value is -2.89. The van der Waals surface area contributed by atoms with Gasteiger partial charge in [-0.1, -0.05) is 112 Å². The highest BCUT2D eigenvalue weighted by molar-refractivity contribution is 6.99. The molecular weight excluding hydrogens is 426 g/mol. The summed E-state index contributed by atoms with van der Waals surface area (Å²) in [5, 5.41) is 2.43. The molecule has 0 bridgehead atoms. The van der Waals surface area contributed by atoms with Gasteiger partial charge in [-0.15, -0.1) is 0 Å². The molecule has 0 radical (unpaired) electrons. The van der Waals surface area contributed by atoms with E-state index >= 15 is 0 Å². The lowest BCUT2D eigenvalue weighted by Crippen LogP contribution is -2.67. The van der Waals surface area contributed by atoms with E-state index < -0.39 is 8.32 Å². The third-order valence-electron chi connectivity index (χ3n) is 6.37. The number of rotatable bonds is 6. The Kier molecular flexibility index (Phi) is 7.01. The third-order valence-corrected chi connectivity index (χ3v) is 11.5. The molecule has 0 aromatic heterocycles. The summed E-state index contributed by atoms with van der Waals surface area (Å²) in [6.07, 6.45) is 0.512. The lowest BCUT2D eigenvalue weighted by molar-refractivity contribution is 0.0984. The van der Waals surface area contributed by atoms with E-state index in [2.05, 4.69) is 81.4 Å². The number of nitrogens with zero attached hydrogens (tertiary/aromatic N) is 1. The monoisotopic (exact) mass is 459 g/mol. The Morgan fingerprint density at radius 2 is 1.39 bits per heavy atom. The zero-order valence-electron chi connectivity index (χ0n) is 19.7. The van der Waals surface area contributed by atoms with E-state index in [1.165, 1.54) is 10.4 Å². The zero-order chi connectivity index (χ0) is 23.3. The van der Waals surface area contributed by atoms with Crippen LogP contribution >= 0.6 is 0 Å². The van der Waals surface area contributed by atoms with Crippen LogP contribution in [0.3, 0.4) is 0 Å². The van der Waals surface area contributed by atoms with Crippen molar-refractivity contribution in [1.82, 2.24) is 4.90 Å². The summed E-state index contributed by atoms with van der Waals surface area (Å²) in [6, 6.07) is 31.1. The fraction of sp³-hybridized carbons (Fsp3) is 0.321. The van der Waals surface area contributed by atoms with E-state index in [1.54, 1.807) is 4.90 Å². The standard InChI is InChI=1S/C28H33NO3Si/c1-28(2,3)33(25-15-9-5-10-16-25,26-17-11-6-12-18-26)32-24-19-20-29(21-24)27(30)31-22-23-13-7-4-8-14-23/h4-18,24H,19-22H2,1-3H3/t24-/m1/s1. The first-order valence-corrected chi connectivity index (χ1v) is 13.6. The molecule has 1 saturated heterocycles. The molecule has 1 fully saturated rings. The number of benzene rings is 3. The number of carbonyl (C=O) groups is 1. The fourth-order valence-electron chi connectivity index (χ4n) is 4.74. The molecule has 4 rings (SSSR count). The molecule has 5 heteroatoms. The third kappa shape index (κ3) is 5.05. The second-order valence-electron chi connectivity index (χ2n) is 9.68. The zero-order valence-corrected chi connectivity index (χ0v) is 20.7. The highest BCUT2D eigenvalue weighted by Crippen LogP contribution is 2.38. The predicted molar refractivity (Wildman–Crippen MR) is 135 cm³/mol. The molecule has 1 heterocycles. The van der Waals surface area contributed by atoms with Gasteiger partial charge < -0.3 is 14.1 Å². The van der Waals surface area contributed by atoms with Gasteiger partial charge in [-0.3, -0.25) is 0 Å². The largest absolute Gasteiger partial charge is 0.445 e. The first-order valence-electron chi connectivity index (χ1n) is 11.6. The van der Waals surface area contributed by atoms with E-state index in [0.717, 1.165) is 12.0 Å². The van der Waals surface area contributed by atoms with Gasteiger partial charge in [-0.25, -0.2) is 4.79 Å². The molecule has 33 heavy (non-hydrogen) atoms. The molecule has 4 nitrogen and oxygen atoms in total. The molecule has 1 aliphatic heterocycles. The van der Waals surface area contributed by atoms with Crippen LogP contribution in [0.2, 0.25) is 5.04 Å². The molecule has 0 unspecified atom stereocenters. The van der Waals surface area contributed by atoms with Crippen molar-refractivity contribution in [2.75, 3.05) is 13.1 Å². The Balaban J connectivity index is 1.54. The molecule has 0 spiro atoms. The summed E-state index contributed by atoms with van der Waals surface area (Å²) in [5.74, 6) is 0. The van der Waals surface area contributed by atoms with E-state index in [0.29, 0.717) is 13.1 Å². The normalized spacial score (nSPS) is 16.6. The van der Waals surface area contributed by atoms with Crippen molar-refractivity contribution in [2.45, 2.75) is 44.9 Å². The van der Waals surface area contributed by atoms with Gasteiger partial charge >= 0.3 is 6.09 Å². The number of hydrogen-bond acceptors (Lipinski definition) is 3. The first kappa shape index (κ1) is 23.3. The molecule has 1 aliphatic rings. The van der Waals surface area contributed by atoms with Crippen LogP contribution in [-0.4, -0.2) is 38.5 Å². The van der Waals surface area contributed by atoms with Crippen LogP contribution < -0.4 is 10.4 Å². The SMILES string of the molecule is CC(C)(C)[Si](O[C@@H]1CCN(C(=O)OCc2ccccc2)C1)(c1ccccc1)c1ccccc1. The average Bonchev–Trinajstić information content (AvgIpc) is 3.31. The van der Waals surface area contributed by atoms with Gasteiger partial charge in [0.05, 0.1) is 6.10 Å². The molecule has 0 saturated carbocycles. The van der Waals surface area contributed by atoms with Gasteiger partial charge in [0.25, 0.3) is 8.32 Å². The van der Waals surface area contributed by atoms with E-state index in [1.807, 2.05) is 30.3 Å². The topological polar surface area (TPSA) is 38.8 Å². The Bertz CT molecular complexity index is 996. The van der Waals surface area contributed by atoms with Crippen LogP contribution in [-0.2, 0) is 15.8 Å². The van der Waals surface area contributed by atoms with Crippen molar-refractivity contribution in [3.05, 3.63) is 96.6 Å². The first-order chi connectivity index (χ1) is 15.9. The maximum absolute atomic E-state index is 12.7. The summed E-state index contributed by atoms with van der Waals surface area (Å²) < 4.78 is 12.7. The molecule has 0 N–H and O–H groups in total. The molecule has 172 valence electrons. The van der Waals surface area contributed by atoms with Gasteiger partial charge in [0.1, 0.15) is 6.61 Å².